The molecular formula is C20H29N5O5. The van der Waals surface area contributed by atoms with Crippen molar-refractivity contribution in [1.29, 1.82) is 0 Å². The van der Waals surface area contributed by atoms with E-state index in [0.29, 0.717) is 5.96 Å². The number of H-pyrrole nitrogens is 1. The van der Waals surface area contributed by atoms with Crippen LogP contribution in [0.25, 0.3) is 10.9 Å². The zero-order valence-electron chi connectivity index (χ0n) is 17.2. The summed E-state index contributed by atoms with van der Waals surface area (Å²) < 4.78 is 5.24. The Labute approximate surface area is 174 Å². The number of fused-ring (bicyclic) bond motifs is 1. The minimum atomic E-state index is -1.08. The van der Waals surface area contributed by atoms with Gasteiger partial charge in [-0.25, -0.2) is 5.43 Å². The fourth-order valence-electron chi connectivity index (χ4n) is 2.33. The van der Waals surface area contributed by atoms with Gasteiger partial charge in [-0.1, -0.05) is 19.8 Å². The number of carboxylic acids is 2. The fraction of sp³-hybridized carbons (Fsp3) is 0.400. The van der Waals surface area contributed by atoms with Gasteiger partial charge in [0, 0.05) is 29.2 Å². The number of nitrogens with zero attached hydrogens (tertiary/aromatic N) is 2. The Balaban J connectivity index is 0.000000479. The molecular weight excluding hydrogens is 390 g/mol. The van der Waals surface area contributed by atoms with Crippen LogP contribution >= 0.6 is 0 Å². The molecule has 0 spiro atoms. The number of carbonyl (C=O) groups is 2. The van der Waals surface area contributed by atoms with Gasteiger partial charge in [0.2, 0.25) is 5.96 Å². The van der Waals surface area contributed by atoms with Gasteiger partial charge in [-0.3, -0.25) is 14.6 Å². The Morgan fingerprint density at radius 2 is 1.93 bits per heavy atom. The number of hydrogen-bond acceptors (Lipinski definition) is 5. The van der Waals surface area contributed by atoms with Crippen LogP contribution in [0.4, 0.5) is 0 Å². The predicted octanol–water partition coefficient (Wildman–Crippen LogP) is 2.54. The Hall–Kier alpha value is -3.56. The largest absolute Gasteiger partial charge is 0.497 e. The first-order valence-corrected chi connectivity index (χ1v) is 9.55. The molecule has 0 aliphatic carbocycles. The number of hydrazone groups is 1. The fourth-order valence-corrected chi connectivity index (χ4v) is 2.33. The molecule has 0 saturated carbocycles. The van der Waals surface area contributed by atoms with Crippen LogP contribution in [0, 0.1) is 0 Å². The van der Waals surface area contributed by atoms with Gasteiger partial charge in [-0.2, -0.15) is 5.10 Å². The molecule has 0 atom stereocenters. The number of hydrogen-bond donors (Lipinski definition) is 5. The van der Waals surface area contributed by atoms with Crippen LogP contribution in [0.1, 0.15) is 44.6 Å². The molecule has 1 heterocycles. The second kappa shape index (κ2) is 13.6. The summed E-state index contributed by atoms with van der Waals surface area (Å²) in [6.07, 6.45) is 6.40. The number of benzene rings is 1. The first kappa shape index (κ1) is 24.5. The third-order valence-electron chi connectivity index (χ3n) is 3.90. The number of carboxylic acid groups (broad SMARTS) is 2. The zero-order chi connectivity index (χ0) is 22.4. The van der Waals surface area contributed by atoms with E-state index in [1.54, 1.807) is 13.3 Å². The van der Waals surface area contributed by atoms with Crippen LogP contribution in [0.5, 0.6) is 5.75 Å². The minimum absolute atomic E-state index is 0.296. The lowest BCUT2D eigenvalue weighted by Gasteiger charge is -2.00. The Kier molecular flexibility index (Phi) is 11.1. The third-order valence-corrected chi connectivity index (χ3v) is 3.90. The molecule has 30 heavy (non-hydrogen) atoms. The SMILES string of the molecule is CCCCCN=C(N)N/N=C\c1c[nH]c2ccc(OC)cc12.O=C(O)CCC(=O)O. The number of guanidine groups is 1. The molecule has 0 fully saturated rings. The molecule has 164 valence electrons. The molecule has 0 radical (unpaired) electrons. The highest BCUT2D eigenvalue weighted by atomic mass is 16.5. The average Bonchev–Trinajstić information content (AvgIpc) is 3.12. The van der Waals surface area contributed by atoms with Crippen molar-refractivity contribution in [1.82, 2.24) is 10.4 Å². The lowest BCUT2D eigenvalue weighted by atomic mass is 10.2. The summed E-state index contributed by atoms with van der Waals surface area (Å²) in [5, 5.41) is 21.0. The highest BCUT2D eigenvalue weighted by molar-refractivity contribution is 5.99. The topological polar surface area (TPSA) is 162 Å². The number of nitrogens with one attached hydrogen (secondary N) is 2. The maximum absolute atomic E-state index is 9.64. The first-order valence-electron chi connectivity index (χ1n) is 9.55. The molecule has 2 rings (SSSR count). The van der Waals surface area contributed by atoms with Crippen LogP contribution in [0.2, 0.25) is 0 Å². The molecule has 0 aliphatic heterocycles. The van der Waals surface area contributed by atoms with Crippen molar-refractivity contribution >= 4 is 35.0 Å². The molecule has 0 aliphatic rings. The van der Waals surface area contributed by atoms with Crippen molar-refractivity contribution in [3.8, 4) is 5.75 Å². The van der Waals surface area contributed by atoms with E-state index in [1.807, 2.05) is 24.4 Å². The van der Waals surface area contributed by atoms with E-state index >= 15 is 0 Å². The average molecular weight is 419 g/mol. The monoisotopic (exact) mass is 419 g/mol. The number of aromatic amines is 1. The standard InChI is InChI=1S/C16H23N5O.C4H6O4/c1-3-4-5-8-18-16(17)21-20-11-12-10-19-15-7-6-13(22-2)9-14(12)15;5-3(6)1-2-4(7)8/h6-7,9-11,19H,3-5,8H2,1-2H3,(H3,17,18,21);1-2H2,(H,5,6)(H,7,8)/b20-11-;. The van der Waals surface area contributed by atoms with Gasteiger partial charge in [0.1, 0.15) is 5.75 Å². The number of nitrogens with two attached hydrogens (primary N) is 1. The Bertz CT molecular complexity index is 862. The van der Waals surface area contributed by atoms with Crippen molar-refractivity contribution in [2.24, 2.45) is 15.8 Å². The highest BCUT2D eigenvalue weighted by Crippen LogP contribution is 2.22. The number of unbranched alkanes of at least 4 members (excludes halogenated alkanes) is 2. The zero-order valence-corrected chi connectivity index (χ0v) is 17.2. The minimum Gasteiger partial charge on any atom is -0.497 e. The van der Waals surface area contributed by atoms with Crippen molar-refractivity contribution in [2.45, 2.75) is 39.0 Å². The third kappa shape index (κ3) is 9.58. The summed E-state index contributed by atoms with van der Waals surface area (Å²) >= 11 is 0. The molecule has 0 saturated heterocycles. The second-order valence-electron chi connectivity index (χ2n) is 6.29. The maximum Gasteiger partial charge on any atom is 0.303 e. The first-order chi connectivity index (χ1) is 14.4. The van der Waals surface area contributed by atoms with E-state index in [4.69, 9.17) is 20.7 Å². The van der Waals surface area contributed by atoms with Crippen molar-refractivity contribution < 1.29 is 24.5 Å². The van der Waals surface area contributed by atoms with E-state index in [-0.39, 0.29) is 12.8 Å². The Morgan fingerprint density at radius 3 is 2.53 bits per heavy atom. The molecule has 0 unspecified atom stereocenters. The lowest BCUT2D eigenvalue weighted by molar-refractivity contribution is -0.143. The van der Waals surface area contributed by atoms with Gasteiger partial charge >= 0.3 is 11.9 Å². The molecule has 6 N–H and O–H groups in total. The number of aliphatic imine (C=N–C) groups is 1. The summed E-state index contributed by atoms with van der Waals surface area (Å²) in [5.41, 5.74) is 10.5. The van der Waals surface area contributed by atoms with Crippen molar-refractivity contribution in [3.63, 3.8) is 0 Å². The number of methoxy groups -OCH3 is 1. The van der Waals surface area contributed by atoms with E-state index in [2.05, 4.69) is 27.4 Å². The molecule has 0 amide bonds. The van der Waals surface area contributed by atoms with Crippen LogP contribution in [-0.2, 0) is 9.59 Å². The predicted molar refractivity (Wildman–Crippen MR) is 116 cm³/mol. The van der Waals surface area contributed by atoms with E-state index in [0.717, 1.165) is 41.6 Å². The van der Waals surface area contributed by atoms with Gasteiger partial charge in [-0.15, -0.1) is 0 Å². The Morgan fingerprint density at radius 1 is 1.23 bits per heavy atom. The normalized spacial score (nSPS) is 11.2. The van der Waals surface area contributed by atoms with Gasteiger partial charge < -0.3 is 25.7 Å². The number of ether oxygens (including phenoxy) is 1. The maximum atomic E-state index is 9.64. The number of aliphatic carboxylic acids is 2. The van der Waals surface area contributed by atoms with Crippen LogP contribution in [0.15, 0.2) is 34.5 Å². The van der Waals surface area contributed by atoms with Gasteiger partial charge in [0.15, 0.2) is 0 Å². The van der Waals surface area contributed by atoms with Gasteiger partial charge in [-0.05, 0) is 24.6 Å². The summed E-state index contributed by atoms with van der Waals surface area (Å²) in [5.74, 6) is -1.00. The molecule has 0 bridgehead atoms. The molecule has 2 aromatic rings. The van der Waals surface area contributed by atoms with E-state index < -0.39 is 11.9 Å². The quantitative estimate of drug-likeness (QED) is 0.171. The lowest BCUT2D eigenvalue weighted by Crippen LogP contribution is -2.27. The summed E-state index contributed by atoms with van der Waals surface area (Å²) in [6.45, 7) is 2.89. The van der Waals surface area contributed by atoms with E-state index in [1.165, 1.54) is 6.42 Å². The molecule has 10 heteroatoms. The number of rotatable bonds is 10. The van der Waals surface area contributed by atoms with Crippen molar-refractivity contribution in [2.75, 3.05) is 13.7 Å². The number of aromatic nitrogens is 1. The molecule has 1 aromatic heterocycles. The molecule has 10 nitrogen and oxygen atoms in total. The summed E-state index contributed by atoms with van der Waals surface area (Å²) in [6, 6.07) is 5.86. The summed E-state index contributed by atoms with van der Waals surface area (Å²) in [4.78, 5) is 26.7. The van der Waals surface area contributed by atoms with Crippen LogP contribution in [-0.4, -0.2) is 53.0 Å². The second-order valence-corrected chi connectivity index (χ2v) is 6.29. The smallest absolute Gasteiger partial charge is 0.303 e. The van der Waals surface area contributed by atoms with Crippen LogP contribution in [0.3, 0.4) is 0 Å². The van der Waals surface area contributed by atoms with Crippen LogP contribution < -0.4 is 15.9 Å². The van der Waals surface area contributed by atoms with E-state index in [9.17, 15) is 9.59 Å². The van der Waals surface area contributed by atoms with Crippen molar-refractivity contribution in [3.05, 3.63) is 30.0 Å². The van der Waals surface area contributed by atoms with Gasteiger partial charge in [0.05, 0.1) is 26.2 Å². The highest BCUT2D eigenvalue weighted by Gasteiger charge is 2.03. The summed E-state index contributed by atoms with van der Waals surface area (Å²) in [7, 11) is 1.65. The molecule has 1 aromatic carbocycles. The van der Waals surface area contributed by atoms with Gasteiger partial charge in [0.25, 0.3) is 0 Å².